The van der Waals surface area contributed by atoms with E-state index in [1.807, 2.05) is 0 Å². The first-order valence-electron chi connectivity index (χ1n) is 5.95. The Morgan fingerprint density at radius 2 is 2.14 bits per heavy atom. The molecular weight excluding hydrogens is 342 g/mol. The molecule has 0 saturated heterocycles. The molecule has 2 rings (SSSR count). The summed E-state index contributed by atoms with van der Waals surface area (Å²) in [6, 6.07) is 5.67. The topological polar surface area (TPSA) is 104 Å². The molecule has 0 spiro atoms. The number of aromatic nitrogens is 1. The third kappa shape index (κ3) is 4.06. The molecule has 0 aliphatic heterocycles. The zero-order valence-electron chi connectivity index (χ0n) is 11.0. The fourth-order valence-corrected chi connectivity index (χ4v) is 2.00. The lowest BCUT2D eigenvalue weighted by Gasteiger charge is -2.09. The van der Waals surface area contributed by atoms with Gasteiger partial charge >= 0.3 is 12.0 Å². The Balaban J connectivity index is 2.02. The number of carbonyl (C=O) groups excluding carboxylic acids is 1. The number of carboxylic acid groups (broad SMARTS) is 1. The molecule has 21 heavy (non-hydrogen) atoms. The van der Waals surface area contributed by atoms with Crippen molar-refractivity contribution in [3.05, 3.63) is 45.8 Å². The molecule has 1 aromatic heterocycles. The molecule has 0 aliphatic rings. The van der Waals surface area contributed by atoms with Gasteiger partial charge in [0.25, 0.3) is 0 Å². The summed E-state index contributed by atoms with van der Waals surface area (Å²) in [5.74, 6) is -0.612. The number of benzene rings is 1. The van der Waals surface area contributed by atoms with Gasteiger partial charge in [-0.15, -0.1) is 0 Å². The highest BCUT2D eigenvalue weighted by atomic mass is 79.9. The summed E-state index contributed by atoms with van der Waals surface area (Å²) < 4.78 is 5.61. The van der Waals surface area contributed by atoms with E-state index in [-0.39, 0.29) is 17.8 Å². The highest BCUT2D eigenvalue weighted by molar-refractivity contribution is 9.10. The normalized spacial score (nSPS) is 10.2. The van der Waals surface area contributed by atoms with Crippen LogP contribution >= 0.6 is 15.9 Å². The van der Waals surface area contributed by atoms with Gasteiger partial charge in [-0.05, 0) is 25.1 Å². The molecule has 0 fully saturated rings. The van der Waals surface area contributed by atoms with E-state index in [4.69, 9.17) is 9.63 Å². The predicted octanol–water partition coefficient (Wildman–Crippen LogP) is 2.77. The van der Waals surface area contributed by atoms with Crippen molar-refractivity contribution in [3.8, 4) is 0 Å². The van der Waals surface area contributed by atoms with Crippen LogP contribution in [0, 0.1) is 6.92 Å². The number of carbonyl (C=O) groups is 2. The molecule has 0 radical (unpaired) electrons. The molecule has 7 nitrogen and oxygen atoms in total. The van der Waals surface area contributed by atoms with E-state index in [1.54, 1.807) is 19.1 Å². The Hall–Kier alpha value is -2.35. The van der Waals surface area contributed by atoms with Crippen LogP contribution in [-0.2, 0) is 6.54 Å². The summed E-state index contributed by atoms with van der Waals surface area (Å²) in [5, 5.41) is 17.8. The highest BCUT2D eigenvalue weighted by Crippen LogP contribution is 2.21. The maximum Gasteiger partial charge on any atom is 0.337 e. The maximum atomic E-state index is 11.8. The first-order valence-corrected chi connectivity index (χ1v) is 6.75. The maximum absolute atomic E-state index is 11.8. The minimum atomic E-state index is -1.12. The SMILES string of the molecule is Cc1cc(CNC(=O)Nc2cc(Br)ccc2C(=O)O)on1. The Bertz CT molecular complexity index is 684. The van der Waals surface area contributed by atoms with Crippen LogP contribution in [0.15, 0.2) is 33.3 Å². The van der Waals surface area contributed by atoms with E-state index in [2.05, 4.69) is 31.7 Å². The zero-order valence-corrected chi connectivity index (χ0v) is 12.6. The van der Waals surface area contributed by atoms with Gasteiger partial charge < -0.3 is 20.3 Å². The van der Waals surface area contributed by atoms with Gasteiger partial charge in [-0.2, -0.15) is 0 Å². The van der Waals surface area contributed by atoms with Crippen LogP contribution in [0.5, 0.6) is 0 Å². The van der Waals surface area contributed by atoms with Crippen molar-refractivity contribution in [1.29, 1.82) is 0 Å². The molecule has 3 N–H and O–H groups in total. The van der Waals surface area contributed by atoms with E-state index >= 15 is 0 Å². The van der Waals surface area contributed by atoms with Gasteiger partial charge in [0.1, 0.15) is 0 Å². The average molecular weight is 354 g/mol. The Morgan fingerprint density at radius 1 is 1.38 bits per heavy atom. The number of amides is 2. The van der Waals surface area contributed by atoms with Gasteiger partial charge in [0, 0.05) is 10.5 Å². The number of nitrogens with one attached hydrogen (secondary N) is 2. The van der Waals surface area contributed by atoms with Gasteiger partial charge in [0.05, 0.1) is 23.5 Å². The Morgan fingerprint density at radius 3 is 2.76 bits per heavy atom. The van der Waals surface area contributed by atoms with Crippen molar-refractivity contribution in [1.82, 2.24) is 10.5 Å². The number of anilines is 1. The predicted molar refractivity (Wildman–Crippen MR) is 78.2 cm³/mol. The molecule has 0 atom stereocenters. The van der Waals surface area contributed by atoms with Crippen LogP contribution in [0.4, 0.5) is 10.5 Å². The molecule has 0 unspecified atom stereocenters. The van der Waals surface area contributed by atoms with E-state index in [9.17, 15) is 9.59 Å². The summed E-state index contributed by atoms with van der Waals surface area (Å²) >= 11 is 3.23. The number of hydrogen-bond acceptors (Lipinski definition) is 4. The fraction of sp³-hybridized carbons (Fsp3) is 0.154. The first-order chi connectivity index (χ1) is 9.95. The molecule has 2 aromatic rings. The van der Waals surface area contributed by atoms with Crippen molar-refractivity contribution in [3.63, 3.8) is 0 Å². The molecular formula is C13H12BrN3O4. The fourth-order valence-electron chi connectivity index (χ4n) is 1.64. The van der Waals surface area contributed by atoms with Gasteiger partial charge in [-0.3, -0.25) is 0 Å². The quantitative estimate of drug-likeness (QED) is 0.783. The van der Waals surface area contributed by atoms with Crippen molar-refractivity contribution >= 4 is 33.6 Å². The zero-order chi connectivity index (χ0) is 15.4. The van der Waals surface area contributed by atoms with Crippen LogP contribution in [0.25, 0.3) is 0 Å². The second-order valence-corrected chi connectivity index (χ2v) is 5.15. The first kappa shape index (κ1) is 15.0. The minimum Gasteiger partial charge on any atom is -0.478 e. The monoisotopic (exact) mass is 353 g/mol. The molecule has 0 bridgehead atoms. The van der Waals surface area contributed by atoms with E-state index < -0.39 is 12.0 Å². The summed E-state index contributed by atoms with van der Waals surface area (Å²) in [5.41, 5.74) is 0.916. The lowest BCUT2D eigenvalue weighted by molar-refractivity contribution is 0.0698. The lowest BCUT2D eigenvalue weighted by atomic mass is 10.2. The Labute approximate surface area is 128 Å². The standard InChI is InChI=1S/C13H12BrN3O4/c1-7-4-9(21-17-7)6-15-13(20)16-11-5-8(14)2-3-10(11)12(18)19/h2-5H,6H2,1H3,(H,18,19)(H2,15,16,20). The Kier molecular flexibility index (Phi) is 4.59. The minimum absolute atomic E-state index is 0.00357. The van der Waals surface area contributed by atoms with Gasteiger partial charge in [-0.1, -0.05) is 21.1 Å². The largest absolute Gasteiger partial charge is 0.478 e. The van der Waals surface area contributed by atoms with Gasteiger partial charge in [0.2, 0.25) is 0 Å². The molecule has 1 aromatic carbocycles. The number of nitrogens with zero attached hydrogens (tertiary/aromatic N) is 1. The van der Waals surface area contributed by atoms with Crippen molar-refractivity contribution in [2.24, 2.45) is 0 Å². The summed E-state index contributed by atoms with van der Waals surface area (Å²) in [7, 11) is 0. The second-order valence-electron chi connectivity index (χ2n) is 4.24. The number of aromatic carboxylic acids is 1. The smallest absolute Gasteiger partial charge is 0.337 e. The second kappa shape index (κ2) is 6.40. The van der Waals surface area contributed by atoms with Crippen LogP contribution in [-0.4, -0.2) is 22.3 Å². The average Bonchev–Trinajstić information content (AvgIpc) is 2.82. The van der Waals surface area contributed by atoms with Crippen LogP contribution in [0.2, 0.25) is 0 Å². The molecule has 0 aliphatic carbocycles. The molecule has 2 amide bonds. The van der Waals surface area contributed by atoms with Gasteiger partial charge in [-0.25, -0.2) is 9.59 Å². The summed E-state index contributed by atoms with van der Waals surface area (Å²) in [6.45, 7) is 1.93. The van der Waals surface area contributed by atoms with E-state index in [0.29, 0.717) is 15.9 Å². The number of rotatable bonds is 4. The number of carboxylic acids is 1. The molecule has 8 heteroatoms. The number of hydrogen-bond donors (Lipinski definition) is 3. The third-order valence-corrected chi connectivity index (χ3v) is 3.05. The van der Waals surface area contributed by atoms with Crippen LogP contribution < -0.4 is 10.6 Å². The van der Waals surface area contributed by atoms with Crippen molar-refractivity contribution in [2.75, 3.05) is 5.32 Å². The van der Waals surface area contributed by atoms with Crippen molar-refractivity contribution < 1.29 is 19.2 Å². The van der Waals surface area contributed by atoms with Gasteiger partial charge in [0.15, 0.2) is 5.76 Å². The molecule has 1 heterocycles. The number of aryl methyl sites for hydroxylation is 1. The van der Waals surface area contributed by atoms with Crippen LogP contribution in [0.3, 0.4) is 0 Å². The summed E-state index contributed by atoms with van der Waals surface area (Å²) in [6.07, 6.45) is 0. The van der Waals surface area contributed by atoms with E-state index in [0.717, 1.165) is 0 Å². The number of halogens is 1. The highest BCUT2D eigenvalue weighted by Gasteiger charge is 2.13. The van der Waals surface area contributed by atoms with Crippen LogP contribution in [0.1, 0.15) is 21.8 Å². The molecule has 110 valence electrons. The van der Waals surface area contributed by atoms with E-state index in [1.165, 1.54) is 12.1 Å². The molecule has 0 saturated carbocycles. The lowest BCUT2D eigenvalue weighted by Crippen LogP contribution is -2.28. The summed E-state index contributed by atoms with van der Waals surface area (Å²) in [4.78, 5) is 22.9. The number of urea groups is 1. The van der Waals surface area contributed by atoms with Crippen molar-refractivity contribution in [2.45, 2.75) is 13.5 Å². The third-order valence-electron chi connectivity index (χ3n) is 2.56.